The van der Waals surface area contributed by atoms with Gasteiger partial charge in [-0.1, -0.05) is 13.3 Å². The maximum atomic E-state index is 11.7. The Balaban J connectivity index is 3.75. The zero-order chi connectivity index (χ0) is 9.83. The summed E-state index contributed by atoms with van der Waals surface area (Å²) in [7, 11) is 0. The second-order valence-electron chi connectivity index (χ2n) is 3.10. The standard InChI is InChI=1S/C7H15F3N2/c1-2-3-6(11,12)4-5-7(8,9)10/h2-5,11-12H2,1H3. The molecular formula is C7H15F3N2. The molecule has 0 aliphatic carbocycles. The molecular weight excluding hydrogens is 169 g/mol. The molecule has 0 radical (unpaired) electrons. The molecule has 0 aromatic heterocycles. The highest BCUT2D eigenvalue weighted by atomic mass is 19.4. The smallest absolute Gasteiger partial charge is 0.313 e. The Labute approximate surface area is 70.1 Å². The van der Waals surface area contributed by atoms with Crippen LogP contribution >= 0.6 is 0 Å². The van der Waals surface area contributed by atoms with E-state index in [0.29, 0.717) is 12.8 Å². The van der Waals surface area contributed by atoms with Crippen LogP contribution in [-0.4, -0.2) is 11.8 Å². The van der Waals surface area contributed by atoms with Gasteiger partial charge in [0.25, 0.3) is 0 Å². The SMILES string of the molecule is CCCC(N)(N)CCC(F)(F)F. The van der Waals surface area contributed by atoms with Crippen LogP contribution in [0, 0.1) is 0 Å². The molecule has 74 valence electrons. The van der Waals surface area contributed by atoms with Crippen molar-refractivity contribution in [2.75, 3.05) is 0 Å². The molecule has 0 bridgehead atoms. The maximum absolute atomic E-state index is 11.7. The average molecular weight is 184 g/mol. The van der Waals surface area contributed by atoms with Gasteiger partial charge < -0.3 is 11.5 Å². The highest BCUT2D eigenvalue weighted by Crippen LogP contribution is 2.24. The lowest BCUT2D eigenvalue weighted by Crippen LogP contribution is -2.49. The number of halogens is 3. The van der Waals surface area contributed by atoms with Gasteiger partial charge in [0.1, 0.15) is 0 Å². The van der Waals surface area contributed by atoms with E-state index in [2.05, 4.69) is 0 Å². The molecule has 0 atom stereocenters. The fourth-order valence-corrected chi connectivity index (χ4v) is 0.965. The van der Waals surface area contributed by atoms with Gasteiger partial charge in [0.2, 0.25) is 0 Å². The maximum Gasteiger partial charge on any atom is 0.389 e. The Bertz CT molecular complexity index is 131. The Hall–Kier alpha value is -0.290. The van der Waals surface area contributed by atoms with Gasteiger partial charge >= 0.3 is 6.18 Å². The van der Waals surface area contributed by atoms with Gasteiger partial charge in [-0.05, 0) is 12.8 Å². The number of rotatable bonds is 4. The first-order valence-corrected chi connectivity index (χ1v) is 3.91. The Morgan fingerprint density at radius 1 is 1.00 bits per heavy atom. The van der Waals surface area contributed by atoms with Crippen molar-refractivity contribution >= 4 is 0 Å². The van der Waals surface area contributed by atoms with Crippen molar-refractivity contribution in [2.24, 2.45) is 11.5 Å². The van der Waals surface area contributed by atoms with E-state index < -0.39 is 18.3 Å². The monoisotopic (exact) mass is 184 g/mol. The van der Waals surface area contributed by atoms with Gasteiger partial charge in [-0.2, -0.15) is 13.2 Å². The third kappa shape index (κ3) is 6.42. The minimum atomic E-state index is -4.16. The summed E-state index contributed by atoms with van der Waals surface area (Å²) >= 11 is 0. The molecule has 0 aliphatic rings. The number of alkyl halides is 3. The van der Waals surface area contributed by atoms with Crippen molar-refractivity contribution in [3.8, 4) is 0 Å². The third-order valence-corrected chi connectivity index (χ3v) is 1.59. The van der Waals surface area contributed by atoms with Crippen molar-refractivity contribution in [1.29, 1.82) is 0 Å². The van der Waals surface area contributed by atoms with E-state index in [1.165, 1.54) is 0 Å². The van der Waals surface area contributed by atoms with Gasteiger partial charge in [-0.25, -0.2) is 0 Å². The molecule has 0 unspecified atom stereocenters. The third-order valence-electron chi connectivity index (χ3n) is 1.59. The first-order chi connectivity index (χ1) is 5.27. The predicted molar refractivity (Wildman–Crippen MR) is 41.3 cm³/mol. The minimum Gasteiger partial charge on any atom is -0.313 e. The van der Waals surface area contributed by atoms with Crippen molar-refractivity contribution in [2.45, 2.75) is 44.4 Å². The van der Waals surface area contributed by atoms with E-state index in [-0.39, 0.29) is 6.42 Å². The first kappa shape index (κ1) is 11.7. The summed E-state index contributed by atoms with van der Waals surface area (Å²) in [4.78, 5) is 0. The Morgan fingerprint density at radius 3 is 1.83 bits per heavy atom. The number of hydrogen-bond acceptors (Lipinski definition) is 2. The summed E-state index contributed by atoms with van der Waals surface area (Å²) in [5.74, 6) is 0. The quantitative estimate of drug-likeness (QED) is 0.654. The summed E-state index contributed by atoms with van der Waals surface area (Å²) < 4.78 is 35.1. The molecule has 5 heteroatoms. The molecule has 0 fully saturated rings. The lowest BCUT2D eigenvalue weighted by Gasteiger charge is -2.24. The van der Waals surface area contributed by atoms with Gasteiger partial charge in [0.15, 0.2) is 0 Å². The molecule has 0 amide bonds. The van der Waals surface area contributed by atoms with Gasteiger partial charge in [-0.3, -0.25) is 0 Å². The molecule has 2 nitrogen and oxygen atoms in total. The van der Waals surface area contributed by atoms with E-state index in [1.807, 2.05) is 6.92 Å². The van der Waals surface area contributed by atoms with Gasteiger partial charge in [0.05, 0.1) is 5.66 Å². The van der Waals surface area contributed by atoms with Crippen LogP contribution in [0.5, 0.6) is 0 Å². The topological polar surface area (TPSA) is 52.0 Å². The van der Waals surface area contributed by atoms with Crippen molar-refractivity contribution in [1.82, 2.24) is 0 Å². The lowest BCUT2D eigenvalue weighted by atomic mass is 10.0. The summed E-state index contributed by atoms with van der Waals surface area (Å²) in [5, 5.41) is 0. The van der Waals surface area contributed by atoms with Gasteiger partial charge in [-0.15, -0.1) is 0 Å². The molecule has 4 N–H and O–H groups in total. The van der Waals surface area contributed by atoms with E-state index >= 15 is 0 Å². The van der Waals surface area contributed by atoms with Crippen LogP contribution in [0.1, 0.15) is 32.6 Å². The highest BCUT2D eigenvalue weighted by molar-refractivity contribution is 4.77. The van der Waals surface area contributed by atoms with Crippen LogP contribution in [0.25, 0.3) is 0 Å². The highest BCUT2D eigenvalue weighted by Gasteiger charge is 2.31. The van der Waals surface area contributed by atoms with Crippen molar-refractivity contribution in [3.05, 3.63) is 0 Å². The largest absolute Gasteiger partial charge is 0.389 e. The Morgan fingerprint density at radius 2 is 1.50 bits per heavy atom. The van der Waals surface area contributed by atoms with Crippen LogP contribution in [0.4, 0.5) is 13.2 Å². The summed E-state index contributed by atoms with van der Waals surface area (Å²) in [6, 6.07) is 0. The second kappa shape index (κ2) is 4.09. The van der Waals surface area contributed by atoms with E-state index in [9.17, 15) is 13.2 Å². The molecule has 0 saturated carbocycles. The zero-order valence-electron chi connectivity index (χ0n) is 7.12. The van der Waals surface area contributed by atoms with Crippen LogP contribution < -0.4 is 11.5 Å². The zero-order valence-corrected chi connectivity index (χ0v) is 7.12. The Kier molecular flexibility index (Phi) is 3.99. The summed E-state index contributed by atoms with van der Waals surface area (Å²) in [6.45, 7) is 1.84. The fraction of sp³-hybridized carbons (Fsp3) is 1.00. The first-order valence-electron chi connectivity index (χ1n) is 3.91. The van der Waals surface area contributed by atoms with Crippen LogP contribution in [-0.2, 0) is 0 Å². The average Bonchev–Trinajstić information content (AvgIpc) is 1.83. The van der Waals surface area contributed by atoms with Crippen molar-refractivity contribution in [3.63, 3.8) is 0 Å². The van der Waals surface area contributed by atoms with Crippen LogP contribution in [0.3, 0.4) is 0 Å². The van der Waals surface area contributed by atoms with Crippen LogP contribution in [0.15, 0.2) is 0 Å². The number of nitrogens with two attached hydrogens (primary N) is 2. The molecule has 12 heavy (non-hydrogen) atoms. The predicted octanol–water partition coefficient (Wildman–Crippen LogP) is 1.74. The minimum absolute atomic E-state index is 0.204. The fourth-order valence-electron chi connectivity index (χ4n) is 0.965. The molecule has 0 saturated heterocycles. The van der Waals surface area contributed by atoms with Crippen LogP contribution in [0.2, 0.25) is 0 Å². The molecule has 0 aromatic rings. The van der Waals surface area contributed by atoms with E-state index in [0.717, 1.165) is 0 Å². The summed E-state index contributed by atoms with van der Waals surface area (Å²) in [6.07, 6.45) is -4.14. The normalized spacial score (nSPS) is 13.5. The van der Waals surface area contributed by atoms with Gasteiger partial charge in [0, 0.05) is 6.42 Å². The number of hydrogen-bond donors (Lipinski definition) is 2. The molecule has 0 heterocycles. The molecule has 0 aromatic carbocycles. The van der Waals surface area contributed by atoms with Crippen molar-refractivity contribution < 1.29 is 13.2 Å². The van der Waals surface area contributed by atoms with E-state index in [4.69, 9.17) is 11.5 Å². The van der Waals surface area contributed by atoms with E-state index in [1.54, 1.807) is 0 Å². The molecule has 0 spiro atoms. The lowest BCUT2D eigenvalue weighted by molar-refractivity contribution is -0.138. The second-order valence-corrected chi connectivity index (χ2v) is 3.10. The summed E-state index contributed by atoms with van der Waals surface area (Å²) in [5.41, 5.74) is 9.66. The molecule has 0 rings (SSSR count). The molecule has 0 aliphatic heterocycles.